The first-order valence-electron chi connectivity index (χ1n) is 12.0. The van der Waals surface area contributed by atoms with E-state index >= 15 is 0 Å². The Hall–Kier alpha value is -3.91. The number of aromatic carboxylic acids is 1. The van der Waals surface area contributed by atoms with Crippen molar-refractivity contribution in [1.82, 2.24) is 10.6 Å². The molecule has 2 amide bonds. The fraction of sp³-hybridized carbons (Fsp3) is 0.321. The zero-order valence-corrected chi connectivity index (χ0v) is 20.7. The highest BCUT2D eigenvalue weighted by Crippen LogP contribution is 2.35. The molecule has 4 rings (SSSR count). The van der Waals surface area contributed by atoms with Crippen molar-refractivity contribution in [2.75, 3.05) is 25.6 Å². The normalized spacial score (nSPS) is 16.2. The average molecular weight is 490 g/mol. The zero-order valence-electron chi connectivity index (χ0n) is 20.7. The molecule has 188 valence electrons. The highest BCUT2D eigenvalue weighted by molar-refractivity contribution is 5.99. The van der Waals surface area contributed by atoms with Crippen LogP contribution in [0.3, 0.4) is 0 Å². The highest BCUT2D eigenvalue weighted by atomic mass is 16.5. The molecule has 0 saturated carbocycles. The molecule has 0 spiro atoms. The van der Waals surface area contributed by atoms with Gasteiger partial charge in [-0.05, 0) is 67.4 Å². The number of hydrogen-bond acceptors (Lipinski definition) is 5. The molecular weight excluding hydrogens is 458 g/mol. The lowest BCUT2D eigenvalue weighted by molar-refractivity contribution is -0.124. The quantitative estimate of drug-likeness (QED) is 0.448. The summed E-state index contributed by atoms with van der Waals surface area (Å²) in [6.45, 7) is 2.28. The third-order valence-corrected chi connectivity index (χ3v) is 6.88. The first-order valence-corrected chi connectivity index (χ1v) is 12.0. The van der Waals surface area contributed by atoms with Crippen LogP contribution in [0.2, 0.25) is 0 Å². The molecule has 0 bridgehead atoms. The molecule has 0 radical (unpaired) electrons. The maximum Gasteiger partial charge on any atom is 0.335 e. The highest BCUT2D eigenvalue weighted by Gasteiger charge is 2.32. The van der Waals surface area contributed by atoms with Gasteiger partial charge in [0.25, 0.3) is 0 Å². The number of anilines is 1. The molecule has 2 atom stereocenters. The molecule has 1 unspecified atom stereocenters. The van der Waals surface area contributed by atoms with Crippen molar-refractivity contribution in [2.45, 2.75) is 32.4 Å². The molecule has 0 aliphatic carbocycles. The van der Waals surface area contributed by atoms with Crippen molar-refractivity contribution >= 4 is 34.2 Å². The minimum absolute atomic E-state index is 0.0708. The van der Waals surface area contributed by atoms with E-state index in [0.717, 1.165) is 34.0 Å². The largest absolute Gasteiger partial charge is 0.496 e. The molecule has 8 heteroatoms. The summed E-state index contributed by atoms with van der Waals surface area (Å²) in [5, 5.41) is 16.8. The first kappa shape index (κ1) is 25.2. The van der Waals surface area contributed by atoms with E-state index in [-0.39, 0.29) is 42.4 Å². The molecule has 3 N–H and O–H groups in total. The van der Waals surface area contributed by atoms with Crippen LogP contribution >= 0.6 is 0 Å². The molecule has 36 heavy (non-hydrogen) atoms. The molecule has 8 nitrogen and oxygen atoms in total. The standard InChI is InChI=1S/C28H31N3O5/c1-17(29-2)26(32)30-15-21-9-8-18-6-4-5-7-24(18)31(27(21)33)16-23-22-12-10-20(28(34)35)14-19(22)11-13-25(23)36-3/h4-7,10-14,17,21,29H,8-9,15-16H2,1-3H3,(H,30,32)(H,34,35)/t17-,21?/m0/s1. The van der Waals surface area contributed by atoms with Gasteiger partial charge in [-0.2, -0.15) is 0 Å². The number of amides is 2. The van der Waals surface area contributed by atoms with E-state index in [2.05, 4.69) is 10.6 Å². The Labute approximate surface area is 210 Å². The third kappa shape index (κ3) is 5.04. The zero-order chi connectivity index (χ0) is 25.8. The third-order valence-electron chi connectivity index (χ3n) is 6.88. The van der Waals surface area contributed by atoms with Gasteiger partial charge in [-0.1, -0.05) is 30.3 Å². The minimum Gasteiger partial charge on any atom is -0.496 e. The van der Waals surface area contributed by atoms with Crippen molar-refractivity contribution < 1.29 is 24.2 Å². The van der Waals surface area contributed by atoms with Gasteiger partial charge in [0.1, 0.15) is 5.75 Å². The Morgan fingerprint density at radius 3 is 2.67 bits per heavy atom. The number of carboxylic acids is 1. The summed E-state index contributed by atoms with van der Waals surface area (Å²) in [5.41, 5.74) is 2.89. The number of rotatable bonds is 8. The van der Waals surface area contributed by atoms with Gasteiger partial charge in [-0.15, -0.1) is 0 Å². The van der Waals surface area contributed by atoms with E-state index in [1.54, 1.807) is 50.2 Å². The molecule has 3 aromatic carbocycles. The van der Waals surface area contributed by atoms with E-state index in [0.29, 0.717) is 12.2 Å². The molecule has 1 heterocycles. The number of carbonyl (C=O) groups is 3. The van der Waals surface area contributed by atoms with Gasteiger partial charge in [0.05, 0.1) is 31.2 Å². The van der Waals surface area contributed by atoms with Gasteiger partial charge in [0.15, 0.2) is 0 Å². The number of methoxy groups -OCH3 is 1. The van der Waals surface area contributed by atoms with Crippen LogP contribution in [0.5, 0.6) is 5.75 Å². The molecule has 1 aliphatic heterocycles. The maximum atomic E-state index is 13.9. The number of para-hydroxylation sites is 1. The van der Waals surface area contributed by atoms with Crippen LogP contribution in [-0.4, -0.2) is 49.6 Å². The monoisotopic (exact) mass is 489 g/mol. The van der Waals surface area contributed by atoms with Crippen LogP contribution in [0.4, 0.5) is 5.69 Å². The number of benzene rings is 3. The Morgan fingerprint density at radius 1 is 1.17 bits per heavy atom. The summed E-state index contributed by atoms with van der Waals surface area (Å²) in [4.78, 5) is 39.5. The average Bonchev–Trinajstić information content (AvgIpc) is 3.02. The predicted octanol–water partition coefficient (Wildman–Crippen LogP) is 3.37. The Bertz CT molecular complexity index is 1310. The number of hydrogen-bond donors (Lipinski definition) is 3. The fourth-order valence-corrected chi connectivity index (χ4v) is 4.66. The molecule has 0 saturated heterocycles. The summed E-state index contributed by atoms with van der Waals surface area (Å²) in [5.74, 6) is -0.983. The summed E-state index contributed by atoms with van der Waals surface area (Å²) in [6, 6.07) is 16.1. The van der Waals surface area contributed by atoms with Crippen molar-refractivity contribution in [1.29, 1.82) is 0 Å². The van der Waals surface area contributed by atoms with Crippen molar-refractivity contribution in [3.8, 4) is 5.75 Å². The lowest BCUT2D eigenvalue weighted by Gasteiger charge is -2.27. The SMILES string of the molecule is CN[C@@H](C)C(=O)NCC1CCc2ccccc2N(Cc2c(OC)ccc3cc(C(=O)O)ccc23)C1=O. The second-order valence-corrected chi connectivity index (χ2v) is 9.03. The molecule has 3 aromatic rings. The first-order chi connectivity index (χ1) is 17.3. The minimum atomic E-state index is -0.997. The number of likely N-dealkylation sites (N-methyl/N-ethyl adjacent to an activating group) is 1. The van der Waals surface area contributed by atoms with Gasteiger partial charge >= 0.3 is 5.97 Å². The summed E-state index contributed by atoms with van der Waals surface area (Å²) >= 11 is 0. The lowest BCUT2D eigenvalue weighted by atomic mass is 9.99. The van der Waals surface area contributed by atoms with Crippen molar-refractivity contribution in [2.24, 2.45) is 5.92 Å². The number of nitrogens with one attached hydrogen (secondary N) is 2. The molecule has 0 aromatic heterocycles. The number of aryl methyl sites for hydroxylation is 1. The number of fused-ring (bicyclic) bond motifs is 2. The fourth-order valence-electron chi connectivity index (χ4n) is 4.66. The number of carboxylic acid groups (broad SMARTS) is 1. The Morgan fingerprint density at radius 2 is 1.94 bits per heavy atom. The van der Waals surface area contributed by atoms with Crippen molar-refractivity contribution in [3.05, 3.63) is 71.3 Å². The topological polar surface area (TPSA) is 108 Å². The van der Waals surface area contributed by atoms with E-state index in [9.17, 15) is 19.5 Å². The van der Waals surface area contributed by atoms with Crippen LogP contribution in [0.1, 0.15) is 34.8 Å². The van der Waals surface area contributed by atoms with E-state index in [1.807, 2.05) is 30.3 Å². The Balaban J connectivity index is 1.73. The second-order valence-electron chi connectivity index (χ2n) is 9.03. The molecular formula is C28H31N3O5. The van der Waals surface area contributed by atoms with E-state index < -0.39 is 5.97 Å². The van der Waals surface area contributed by atoms with Gasteiger partial charge in [0, 0.05) is 17.8 Å². The summed E-state index contributed by atoms with van der Waals surface area (Å²) in [7, 11) is 3.30. The predicted molar refractivity (Wildman–Crippen MR) is 138 cm³/mol. The smallest absolute Gasteiger partial charge is 0.335 e. The van der Waals surface area contributed by atoms with Gasteiger partial charge < -0.3 is 25.4 Å². The maximum absolute atomic E-state index is 13.9. The van der Waals surface area contributed by atoms with E-state index in [4.69, 9.17) is 4.74 Å². The summed E-state index contributed by atoms with van der Waals surface area (Å²) < 4.78 is 5.65. The van der Waals surface area contributed by atoms with Crippen molar-refractivity contribution in [3.63, 3.8) is 0 Å². The van der Waals surface area contributed by atoms with E-state index in [1.165, 1.54) is 0 Å². The molecule has 0 fully saturated rings. The van der Waals surface area contributed by atoms with Gasteiger partial charge in [-0.3, -0.25) is 9.59 Å². The number of nitrogens with zero attached hydrogens (tertiary/aromatic N) is 1. The summed E-state index contributed by atoms with van der Waals surface area (Å²) in [6.07, 6.45) is 1.34. The lowest BCUT2D eigenvalue weighted by Crippen LogP contribution is -2.45. The second kappa shape index (κ2) is 10.8. The van der Waals surface area contributed by atoms with Gasteiger partial charge in [0.2, 0.25) is 11.8 Å². The molecule has 1 aliphatic rings. The van der Waals surface area contributed by atoms with Crippen LogP contribution in [0, 0.1) is 5.92 Å². The number of ether oxygens (including phenoxy) is 1. The van der Waals surface area contributed by atoms with Crippen LogP contribution < -0.4 is 20.3 Å². The number of carbonyl (C=O) groups excluding carboxylic acids is 2. The van der Waals surface area contributed by atoms with Crippen LogP contribution in [0.15, 0.2) is 54.6 Å². The Kier molecular flexibility index (Phi) is 7.55. The van der Waals surface area contributed by atoms with Gasteiger partial charge in [-0.25, -0.2) is 4.79 Å². The van der Waals surface area contributed by atoms with Crippen LogP contribution in [-0.2, 0) is 22.6 Å². The van der Waals surface area contributed by atoms with Crippen LogP contribution in [0.25, 0.3) is 10.8 Å².